The lowest BCUT2D eigenvalue weighted by Crippen LogP contribution is -2.52. The first-order valence-corrected chi connectivity index (χ1v) is 8.99. The van der Waals surface area contributed by atoms with Crippen LogP contribution in [0.5, 0.6) is 0 Å². The molecule has 3 nitrogen and oxygen atoms in total. The summed E-state index contributed by atoms with van der Waals surface area (Å²) in [6.07, 6.45) is 8.46. The van der Waals surface area contributed by atoms with Crippen molar-refractivity contribution in [3.05, 3.63) is 35.6 Å². The number of rotatable bonds is 3. The number of halogens is 1. The average molecular weight is 316 g/mol. The second kappa shape index (κ2) is 5.90. The van der Waals surface area contributed by atoms with Crippen molar-refractivity contribution in [3.8, 4) is 0 Å². The number of carbonyl (C=O) groups is 1. The van der Waals surface area contributed by atoms with Crippen molar-refractivity contribution in [3.63, 3.8) is 0 Å². The summed E-state index contributed by atoms with van der Waals surface area (Å²) in [6.45, 7) is 0. The van der Waals surface area contributed by atoms with E-state index in [2.05, 4.69) is 10.6 Å². The first-order valence-electron chi connectivity index (χ1n) is 8.99. The summed E-state index contributed by atoms with van der Waals surface area (Å²) in [4.78, 5) is 13.1. The molecule has 1 amide bonds. The molecule has 2 atom stereocenters. The fourth-order valence-electron chi connectivity index (χ4n) is 4.89. The first-order chi connectivity index (χ1) is 11.2. The van der Waals surface area contributed by atoms with Crippen LogP contribution in [0.3, 0.4) is 0 Å². The average Bonchev–Trinajstić information content (AvgIpc) is 3.16. The number of hydrogen-bond donors (Lipinski definition) is 2. The fraction of sp³-hybridized carbons (Fsp3) is 0.632. The second-order valence-electron chi connectivity index (χ2n) is 7.58. The minimum absolute atomic E-state index is 0.160. The third-order valence-electron chi connectivity index (χ3n) is 6.10. The largest absolute Gasteiger partial charge is 0.352 e. The molecule has 4 rings (SSSR count). The van der Waals surface area contributed by atoms with Gasteiger partial charge < -0.3 is 10.6 Å². The van der Waals surface area contributed by atoms with Gasteiger partial charge in [-0.1, -0.05) is 25.0 Å². The van der Waals surface area contributed by atoms with Gasteiger partial charge in [-0.2, -0.15) is 0 Å². The van der Waals surface area contributed by atoms with Gasteiger partial charge in [-0.15, -0.1) is 0 Å². The zero-order valence-corrected chi connectivity index (χ0v) is 13.5. The Bertz CT molecular complexity index is 568. The summed E-state index contributed by atoms with van der Waals surface area (Å²) in [5.41, 5.74) is 0.531. The highest BCUT2D eigenvalue weighted by atomic mass is 19.1. The number of nitrogens with one attached hydrogen (secondary N) is 2. The van der Waals surface area contributed by atoms with Crippen LogP contribution in [0.4, 0.5) is 4.39 Å². The molecule has 2 heterocycles. The Morgan fingerprint density at radius 2 is 1.70 bits per heavy atom. The lowest BCUT2D eigenvalue weighted by Gasteiger charge is -2.34. The van der Waals surface area contributed by atoms with Crippen LogP contribution in [0.25, 0.3) is 0 Å². The van der Waals surface area contributed by atoms with Gasteiger partial charge in [-0.3, -0.25) is 4.79 Å². The first kappa shape index (κ1) is 15.1. The standard InChI is InChI=1S/C19H25FN2O/c20-14-5-3-13(4-6-14)19(9-1-2-10-19)18(23)22-17-11-15-7-8-16(12-17)21-15/h3-6,15-17,21H,1-2,7-12H2,(H,22,23). The van der Waals surface area contributed by atoms with Crippen LogP contribution >= 0.6 is 0 Å². The molecule has 2 N–H and O–H groups in total. The molecule has 0 radical (unpaired) electrons. The maximum Gasteiger partial charge on any atom is 0.230 e. The molecule has 0 spiro atoms. The van der Waals surface area contributed by atoms with E-state index >= 15 is 0 Å². The number of carbonyl (C=O) groups excluding carboxylic acids is 1. The highest BCUT2D eigenvalue weighted by Crippen LogP contribution is 2.42. The topological polar surface area (TPSA) is 41.1 Å². The molecule has 1 saturated carbocycles. The van der Waals surface area contributed by atoms with E-state index in [1.165, 1.54) is 25.0 Å². The zero-order chi connectivity index (χ0) is 15.9. The highest BCUT2D eigenvalue weighted by Gasteiger charge is 2.44. The van der Waals surface area contributed by atoms with E-state index in [0.29, 0.717) is 18.1 Å². The molecule has 4 heteroatoms. The Balaban J connectivity index is 1.53. The Morgan fingerprint density at radius 3 is 2.30 bits per heavy atom. The molecule has 124 valence electrons. The molecule has 1 aliphatic carbocycles. The number of piperidine rings is 1. The van der Waals surface area contributed by atoms with Crippen molar-refractivity contribution in [1.29, 1.82) is 0 Å². The molecule has 2 aliphatic heterocycles. The molecule has 2 unspecified atom stereocenters. The van der Waals surface area contributed by atoms with Crippen molar-refractivity contribution in [2.45, 2.75) is 74.9 Å². The minimum Gasteiger partial charge on any atom is -0.352 e. The summed E-state index contributed by atoms with van der Waals surface area (Å²) in [7, 11) is 0. The van der Waals surface area contributed by atoms with Crippen molar-refractivity contribution in [2.75, 3.05) is 0 Å². The van der Waals surface area contributed by atoms with Crippen molar-refractivity contribution >= 4 is 5.91 Å². The smallest absolute Gasteiger partial charge is 0.230 e. The Kier molecular flexibility index (Phi) is 3.88. The molecular weight excluding hydrogens is 291 g/mol. The third kappa shape index (κ3) is 2.78. The molecule has 3 aliphatic rings. The molecule has 23 heavy (non-hydrogen) atoms. The summed E-state index contributed by atoms with van der Waals surface area (Å²) in [5.74, 6) is -0.0786. The monoisotopic (exact) mass is 316 g/mol. The predicted molar refractivity (Wildman–Crippen MR) is 87.7 cm³/mol. The number of fused-ring (bicyclic) bond motifs is 2. The van der Waals surface area contributed by atoms with Crippen LogP contribution in [0.1, 0.15) is 56.9 Å². The van der Waals surface area contributed by atoms with Gasteiger partial charge in [0.25, 0.3) is 0 Å². The molecular formula is C19H25FN2O. The second-order valence-corrected chi connectivity index (χ2v) is 7.58. The lowest BCUT2D eigenvalue weighted by atomic mass is 9.77. The van der Waals surface area contributed by atoms with Gasteiger partial charge in [0.1, 0.15) is 5.82 Å². The van der Waals surface area contributed by atoms with E-state index in [4.69, 9.17) is 0 Å². The van der Waals surface area contributed by atoms with Crippen molar-refractivity contribution < 1.29 is 9.18 Å². The van der Waals surface area contributed by atoms with Gasteiger partial charge in [0.05, 0.1) is 5.41 Å². The normalized spacial score (nSPS) is 32.0. The highest BCUT2D eigenvalue weighted by molar-refractivity contribution is 5.88. The van der Waals surface area contributed by atoms with Crippen molar-refractivity contribution in [1.82, 2.24) is 10.6 Å². The quantitative estimate of drug-likeness (QED) is 0.900. The molecule has 2 bridgehead atoms. The van der Waals surface area contributed by atoms with Crippen LogP contribution in [0.2, 0.25) is 0 Å². The van der Waals surface area contributed by atoms with Crippen molar-refractivity contribution in [2.24, 2.45) is 0 Å². The van der Waals surface area contributed by atoms with Crippen LogP contribution in [-0.2, 0) is 10.2 Å². The van der Waals surface area contributed by atoms with Gasteiger partial charge in [0.2, 0.25) is 5.91 Å². The minimum atomic E-state index is -0.447. The Hall–Kier alpha value is -1.42. The van der Waals surface area contributed by atoms with E-state index in [-0.39, 0.29) is 11.7 Å². The van der Waals surface area contributed by atoms with Gasteiger partial charge in [-0.25, -0.2) is 4.39 Å². The van der Waals surface area contributed by atoms with E-state index < -0.39 is 5.41 Å². The summed E-state index contributed by atoms with van der Waals surface area (Å²) in [5, 5.41) is 6.96. The van der Waals surface area contributed by atoms with Crippen LogP contribution in [0, 0.1) is 5.82 Å². The van der Waals surface area contributed by atoms with E-state index in [0.717, 1.165) is 44.1 Å². The number of hydrogen-bond acceptors (Lipinski definition) is 2. The molecule has 1 aromatic carbocycles. The predicted octanol–water partition coefficient (Wildman–Crippen LogP) is 3.04. The molecule has 1 aromatic rings. The van der Waals surface area contributed by atoms with Crippen LogP contribution in [0.15, 0.2) is 24.3 Å². The summed E-state index contributed by atoms with van der Waals surface area (Å²) < 4.78 is 13.3. The maximum atomic E-state index is 13.3. The molecule has 2 saturated heterocycles. The van der Waals surface area contributed by atoms with Gasteiger partial charge >= 0.3 is 0 Å². The zero-order valence-electron chi connectivity index (χ0n) is 13.5. The Morgan fingerprint density at radius 1 is 1.09 bits per heavy atom. The summed E-state index contributed by atoms with van der Waals surface area (Å²) in [6, 6.07) is 7.99. The SMILES string of the molecule is O=C(NC1CC2CCC(C1)N2)C1(c2ccc(F)cc2)CCCC1. The number of benzene rings is 1. The lowest BCUT2D eigenvalue weighted by molar-refractivity contribution is -0.127. The molecule has 3 fully saturated rings. The van der Waals surface area contributed by atoms with Crippen LogP contribution < -0.4 is 10.6 Å². The fourth-order valence-corrected chi connectivity index (χ4v) is 4.89. The number of amides is 1. The maximum absolute atomic E-state index is 13.3. The Labute approximate surface area is 137 Å². The van der Waals surface area contributed by atoms with E-state index in [1.54, 1.807) is 12.1 Å². The summed E-state index contributed by atoms with van der Waals surface area (Å²) >= 11 is 0. The van der Waals surface area contributed by atoms with E-state index in [1.807, 2.05) is 0 Å². The van der Waals surface area contributed by atoms with Gasteiger partial charge in [0, 0.05) is 18.1 Å². The van der Waals surface area contributed by atoms with E-state index in [9.17, 15) is 9.18 Å². The molecule has 0 aromatic heterocycles. The third-order valence-corrected chi connectivity index (χ3v) is 6.10. The van der Waals surface area contributed by atoms with Crippen LogP contribution in [-0.4, -0.2) is 24.0 Å². The van der Waals surface area contributed by atoms with Gasteiger partial charge in [0.15, 0.2) is 0 Å². The van der Waals surface area contributed by atoms with Gasteiger partial charge in [-0.05, 0) is 56.2 Å².